The molecule has 108 valence electrons. The third-order valence-electron chi connectivity index (χ3n) is 3.03. The standard InChI is InChI=1S/C12H15N3O5/c13-14-12(16)11-6-5-10(20-11)7-19-9-3-1-8(2-4-9)15(17)18/h1-4,10-11H,5-7,13H2,(H,14,16). The van der Waals surface area contributed by atoms with Crippen molar-refractivity contribution in [2.24, 2.45) is 5.84 Å². The van der Waals surface area contributed by atoms with E-state index in [1.54, 1.807) is 0 Å². The van der Waals surface area contributed by atoms with Crippen molar-refractivity contribution in [3.8, 4) is 5.75 Å². The molecule has 2 atom stereocenters. The highest BCUT2D eigenvalue weighted by Crippen LogP contribution is 2.22. The Hall–Kier alpha value is -2.19. The van der Waals surface area contributed by atoms with Gasteiger partial charge in [-0.15, -0.1) is 0 Å². The smallest absolute Gasteiger partial charge is 0.269 e. The van der Waals surface area contributed by atoms with Crippen LogP contribution in [0.15, 0.2) is 24.3 Å². The predicted molar refractivity (Wildman–Crippen MR) is 68.8 cm³/mol. The molecule has 0 aliphatic carbocycles. The summed E-state index contributed by atoms with van der Waals surface area (Å²) in [5.74, 6) is 5.21. The lowest BCUT2D eigenvalue weighted by molar-refractivity contribution is -0.384. The number of nitrogens with zero attached hydrogens (tertiary/aromatic N) is 1. The summed E-state index contributed by atoms with van der Waals surface area (Å²) >= 11 is 0. The van der Waals surface area contributed by atoms with E-state index in [1.807, 2.05) is 5.43 Å². The lowest BCUT2D eigenvalue weighted by Gasteiger charge is -2.13. The first-order valence-corrected chi connectivity index (χ1v) is 6.13. The minimum absolute atomic E-state index is 0.00847. The first-order valence-electron chi connectivity index (χ1n) is 6.13. The van der Waals surface area contributed by atoms with E-state index in [-0.39, 0.29) is 24.3 Å². The Morgan fingerprint density at radius 1 is 1.45 bits per heavy atom. The Balaban J connectivity index is 1.81. The molecule has 1 fully saturated rings. The summed E-state index contributed by atoms with van der Waals surface area (Å²) in [5, 5.41) is 10.5. The van der Waals surface area contributed by atoms with E-state index in [9.17, 15) is 14.9 Å². The van der Waals surface area contributed by atoms with Gasteiger partial charge in [0.2, 0.25) is 0 Å². The number of carbonyl (C=O) groups is 1. The van der Waals surface area contributed by atoms with Gasteiger partial charge in [-0.2, -0.15) is 0 Å². The number of rotatable bonds is 5. The summed E-state index contributed by atoms with van der Waals surface area (Å²) in [6.45, 7) is 0.284. The van der Waals surface area contributed by atoms with E-state index in [1.165, 1.54) is 24.3 Å². The number of benzene rings is 1. The first-order chi connectivity index (χ1) is 9.60. The van der Waals surface area contributed by atoms with Crippen LogP contribution in [0.3, 0.4) is 0 Å². The van der Waals surface area contributed by atoms with Crippen molar-refractivity contribution >= 4 is 11.6 Å². The van der Waals surface area contributed by atoms with Gasteiger partial charge in [-0.3, -0.25) is 20.3 Å². The van der Waals surface area contributed by atoms with Gasteiger partial charge in [-0.1, -0.05) is 0 Å². The van der Waals surface area contributed by atoms with E-state index < -0.39 is 11.0 Å². The van der Waals surface area contributed by atoms with E-state index in [0.717, 1.165) is 0 Å². The second-order valence-electron chi connectivity index (χ2n) is 4.39. The van der Waals surface area contributed by atoms with Crippen LogP contribution in [0.2, 0.25) is 0 Å². The molecule has 2 rings (SSSR count). The Kier molecular flexibility index (Phi) is 4.49. The fraction of sp³-hybridized carbons (Fsp3) is 0.417. The van der Waals surface area contributed by atoms with Crippen molar-refractivity contribution in [3.63, 3.8) is 0 Å². The molecule has 1 aromatic rings. The van der Waals surface area contributed by atoms with E-state index in [4.69, 9.17) is 15.3 Å². The Morgan fingerprint density at radius 3 is 2.75 bits per heavy atom. The minimum atomic E-state index is -0.537. The van der Waals surface area contributed by atoms with Crippen LogP contribution in [0, 0.1) is 10.1 Å². The van der Waals surface area contributed by atoms with Gasteiger partial charge in [0.05, 0.1) is 11.0 Å². The summed E-state index contributed by atoms with van der Waals surface area (Å²) in [6, 6.07) is 5.79. The molecular formula is C12H15N3O5. The molecule has 8 heteroatoms. The highest BCUT2D eigenvalue weighted by Gasteiger charge is 2.30. The number of amides is 1. The van der Waals surface area contributed by atoms with Crippen LogP contribution < -0.4 is 16.0 Å². The molecule has 1 aliphatic heterocycles. The average molecular weight is 281 g/mol. The maximum absolute atomic E-state index is 11.3. The molecule has 1 aliphatic rings. The first kappa shape index (κ1) is 14.2. The second kappa shape index (κ2) is 6.31. The molecular weight excluding hydrogens is 266 g/mol. The van der Waals surface area contributed by atoms with Crippen LogP contribution in [0.1, 0.15) is 12.8 Å². The van der Waals surface area contributed by atoms with Crippen molar-refractivity contribution < 1.29 is 19.2 Å². The Labute approximate surface area is 115 Å². The van der Waals surface area contributed by atoms with Crippen LogP contribution >= 0.6 is 0 Å². The predicted octanol–water partition coefficient (Wildman–Crippen LogP) is 0.511. The third-order valence-corrected chi connectivity index (χ3v) is 3.03. The third kappa shape index (κ3) is 3.43. The summed E-state index contributed by atoms with van der Waals surface area (Å²) in [5.41, 5.74) is 2.06. The number of hydrogen-bond acceptors (Lipinski definition) is 6. The van der Waals surface area contributed by atoms with Crippen LogP contribution in [0.4, 0.5) is 5.69 Å². The van der Waals surface area contributed by atoms with Gasteiger partial charge in [0.1, 0.15) is 18.5 Å². The Bertz CT molecular complexity index is 490. The number of hydrazine groups is 1. The fourth-order valence-corrected chi connectivity index (χ4v) is 1.97. The monoisotopic (exact) mass is 281 g/mol. The molecule has 0 aromatic heterocycles. The van der Waals surface area contributed by atoms with Gasteiger partial charge in [0.25, 0.3) is 11.6 Å². The maximum Gasteiger partial charge on any atom is 0.269 e. The number of nitro benzene ring substituents is 1. The number of non-ortho nitro benzene ring substituents is 1. The highest BCUT2D eigenvalue weighted by molar-refractivity contribution is 5.80. The second-order valence-corrected chi connectivity index (χ2v) is 4.39. The van der Waals surface area contributed by atoms with Crippen molar-refractivity contribution in [3.05, 3.63) is 34.4 Å². The molecule has 1 saturated heterocycles. The van der Waals surface area contributed by atoms with Gasteiger partial charge in [-0.25, -0.2) is 5.84 Å². The molecule has 3 N–H and O–H groups in total. The minimum Gasteiger partial charge on any atom is -0.491 e. The van der Waals surface area contributed by atoms with Crippen molar-refractivity contribution in [1.29, 1.82) is 0 Å². The fourth-order valence-electron chi connectivity index (χ4n) is 1.97. The van der Waals surface area contributed by atoms with Crippen molar-refractivity contribution in [2.45, 2.75) is 25.0 Å². The number of hydrogen-bond donors (Lipinski definition) is 2. The van der Waals surface area contributed by atoms with Crippen molar-refractivity contribution in [2.75, 3.05) is 6.61 Å². The number of nitrogens with two attached hydrogens (primary N) is 1. The molecule has 1 aromatic carbocycles. The SMILES string of the molecule is NNC(=O)C1CCC(COc2ccc([N+](=O)[O-])cc2)O1. The van der Waals surface area contributed by atoms with Crippen LogP contribution in [-0.4, -0.2) is 29.6 Å². The van der Waals surface area contributed by atoms with Crippen LogP contribution in [-0.2, 0) is 9.53 Å². The molecule has 0 spiro atoms. The van der Waals surface area contributed by atoms with E-state index in [2.05, 4.69) is 0 Å². The number of nitro groups is 1. The van der Waals surface area contributed by atoms with E-state index >= 15 is 0 Å². The molecule has 20 heavy (non-hydrogen) atoms. The van der Waals surface area contributed by atoms with Gasteiger partial charge >= 0.3 is 0 Å². The van der Waals surface area contributed by atoms with Gasteiger partial charge in [-0.05, 0) is 25.0 Å². The zero-order chi connectivity index (χ0) is 14.5. The molecule has 8 nitrogen and oxygen atoms in total. The van der Waals surface area contributed by atoms with Crippen LogP contribution in [0.5, 0.6) is 5.75 Å². The zero-order valence-corrected chi connectivity index (χ0v) is 10.7. The highest BCUT2D eigenvalue weighted by atomic mass is 16.6. The molecule has 0 bridgehead atoms. The van der Waals surface area contributed by atoms with Gasteiger partial charge in [0.15, 0.2) is 0 Å². The van der Waals surface area contributed by atoms with Crippen LogP contribution in [0.25, 0.3) is 0 Å². The lowest BCUT2D eigenvalue weighted by Crippen LogP contribution is -2.39. The molecule has 2 unspecified atom stereocenters. The molecule has 1 amide bonds. The number of ether oxygens (including phenoxy) is 2. The summed E-state index contributed by atoms with van der Waals surface area (Å²) in [6.07, 6.45) is 0.570. The molecule has 1 heterocycles. The average Bonchev–Trinajstić information content (AvgIpc) is 2.93. The molecule has 0 radical (unpaired) electrons. The summed E-state index contributed by atoms with van der Waals surface area (Å²) in [4.78, 5) is 21.3. The maximum atomic E-state index is 11.3. The summed E-state index contributed by atoms with van der Waals surface area (Å²) < 4.78 is 10.9. The quantitative estimate of drug-likeness (QED) is 0.351. The largest absolute Gasteiger partial charge is 0.491 e. The Morgan fingerprint density at radius 2 is 2.15 bits per heavy atom. The van der Waals surface area contributed by atoms with Crippen molar-refractivity contribution in [1.82, 2.24) is 5.43 Å². The lowest BCUT2D eigenvalue weighted by atomic mass is 10.2. The number of nitrogens with one attached hydrogen (secondary N) is 1. The summed E-state index contributed by atoms with van der Waals surface area (Å²) in [7, 11) is 0. The molecule has 0 saturated carbocycles. The number of carbonyl (C=O) groups excluding carboxylic acids is 1. The van der Waals surface area contributed by atoms with Gasteiger partial charge < -0.3 is 9.47 Å². The normalized spacial score (nSPS) is 21.4. The van der Waals surface area contributed by atoms with E-state index in [0.29, 0.717) is 18.6 Å². The van der Waals surface area contributed by atoms with Gasteiger partial charge in [0, 0.05) is 12.1 Å². The topological polar surface area (TPSA) is 117 Å². The zero-order valence-electron chi connectivity index (χ0n) is 10.7.